The molecule has 0 heterocycles. The fourth-order valence-electron chi connectivity index (χ4n) is 1.68. The smallest absolute Gasteiger partial charge is 0.307 e. The third-order valence-corrected chi connectivity index (χ3v) is 2.51. The Labute approximate surface area is 88.7 Å². The molecule has 0 aromatic rings. The van der Waals surface area contributed by atoms with Crippen LogP contribution in [0.2, 0.25) is 0 Å². The molecule has 1 aliphatic carbocycles. The van der Waals surface area contributed by atoms with Crippen molar-refractivity contribution < 1.29 is 14.7 Å². The minimum absolute atomic E-state index is 0.202. The molecule has 15 heavy (non-hydrogen) atoms. The Hall–Kier alpha value is -1.58. The molecule has 82 valence electrons. The molecule has 2 atom stereocenters. The lowest BCUT2D eigenvalue weighted by Gasteiger charge is -2.23. The van der Waals surface area contributed by atoms with Crippen molar-refractivity contribution in [3.8, 4) is 0 Å². The molecular weight excluding hydrogens is 194 g/mol. The third-order valence-electron chi connectivity index (χ3n) is 2.51. The van der Waals surface area contributed by atoms with Gasteiger partial charge in [-0.2, -0.15) is 0 Å². The second kappa shape index (κ2) is 5.34. The zero-order valence-electron chi connectivity index (χ0n) is 8.48. The molecule has 0 fully saturated rings. The number of carboxylic acids is 1. The highest BCUT2D eigenvalue weighted by molar-refractivity contribution is 5.85. The van der Waals surface area contributed by atoms with Crippen molar-refractivity contribution in [2.75, 3.05) is 6.54 Å². The number of nitrogens with one attached hydrogen (secondary N) is 1. The number of rotatable bonds is 4. The molecule has 2 N–H and O–H groups in total. The Balaban J connectivity index is 2.64. The fraction of sp³-hybridized carbons (Fsp3) is 0.455. The van der Waals surface area contributed by atoms with Gasteiger partial charge in [0.25, 0.3) is 0 Å². The van der Waals surface area contributed by atoms with Crippen molar-refractivity contribution in [1.29, 1.82) is 0 Å². The van der Waals surface area contributed by atoms with Gasteiger partial charge in [-0.25, -0.2) is 0 Å². The van der Waals surface area contributed by atoms with E-state index in [2.05, 4.69) is 11.9 Å². The van der Waals surface area contributed by atoms with Crippen LogP contribution in [0.5, 0.6) is 0 Å². The lowest BCUT2D eigenvalue weighted by Crippen LogP contribution is -2.38. The van der Waals surface area contributed by atoms with E-state index in [0.717, 1.165) is 0 Å². The van der Waals surface area contributed by atoms with Gasteiger partial charge in [-0.05, 0) is 12.8 Å². The van der Waals surface area contributed by atoms with Crippen LogP contribution in [0.1, 0.15) is 12.8 Å². The SMILES string of the molecule is C=CCNC(=O)[C@H]1CC=CC[C@H]1C(=O)O. The zero-order chi connectivity index (χ0) is 11.3. The Morgan fingerprint density at radius 2 is 2.00 bits per heavy atom. The first-order valence-corrected chi connectivity index (χ1v) is 4.93. The van der Waals surface area contributed by atoms with Crippen LogP contribution in [-0.2, 0) is 9.59 Å². The van der Waals surface area contributed by atoms with Crippen LogP contribution in [0.4, 0.5) is 0 Å². The summed E-state index contributed by atoms with van der Waals surface area (Å²) < 4.78 is 0. The van der Waals surface area contributed by atoms with E-state index in [4.69, 9.17) is 5.11 Å². The van der Waals surface area contributed by atoms with Gasteiger partial charge in [-0.3, -0.25) is 9.59 Å². The molecule has 1 rings (SSSR count). The molecule has 1 aliphatic rings. The second-order valence-corrected chi connectivity index (χ2v) is 3.53. The highest BCUT2D eigenvalue weighted by Gasteiger charge is 2.33. The van der Waals surface area contributed by atoms with Gasteiger partial charge in [0.15, 0.2) is 0 Å². The summed E-state index contributed by atoms with van der Waals surface area (Å²) in [6.45, 7) is 3.87. The fourth-order valence-corrected chi connectivity index (χ4v) is 1.68. The van der Waals surface area contributed by atoms with E-state index in [1.54, 1.807) is 6.08 Å². The van der Waals surface area contributed by atoms with E-state index in [1.807, 2.05) is 12.2 Å². The second-order valence-electron chi connectivity index (χ2n) is 3.53. The van der Waals surface area contributed by atoms with Crippen molar-refractivity contribution in [3.05, 3.63) is 24.8 Å². The summed E-state index contributed by atoms with van der Waals surface area (Å²) in [4.78, 5) is 22.5. The van der Waals surface area contributed by atoms with Crippen molar-refractivity contribution in [2.24, 2.45) is 11.8 Å². The number of carboxylic acid groups (broad SMARTS) is 1. The standard InChI is InChI=1S/C11H15NO3/c1-2-7-12-10(13)8-5-3-4-6-9(8)11(14)15/h2-4,8-9H,1,5-7H2,(H,12,13)(H,14,15)/t8-,9+/m0/s1. The van der Waals surface area contributed by atoms with E-state index in [1.165, 1.54) is 0 Å². The van der Waals surface area contributed by atoms with Crippen molar-refractivity contribution in [3.63, 3.8) is 0 Å². The predicted molar refractivity (Wildman–Crippen MR) is 56.2 cm³/mol. The molecular formula is C11H15NO3. The number of hydrogen-bond donors (Lipinski definition) is 2. The molecule has 4 heteroatoms. The molecule has 0 aliphatic heterocycles. The van der Waals surface area contributed by atoms with Gasteiger partial charge in [0, 0.05) is 6.54 Å². The molecule has 1 amide bonds. The summed E-state index contributed by atoms with van der Waals surface area (Å²) in [6, 6.07) is 0. The van der Waals surface area contributed by atoms with Crippen LogP contribution in [0, 0.1) is 11.8 Å². The van der Waals surface area contributed by atoms with E-state index in [0.29, 0.717) is 19.4 Å². The average Bonchev–Trinajstić information content (AvgIpc) is 2.25. The minimum Gasteiger partial charge on any atom is -0.481 e. The van der Waals surface area contributed by atoms with Crippen molar-refractivity contribution >= 4 is 11.9 Å². The predicted octanol–water partition coefficient (Wildman–Crippen LogP) is 0.956. The summed E-state index contributed by atoms with van der Waals surface area (Å²) in [7, 11) is 0. The van der Waals surface area contributed by atoms with Gasteiger partial charge in [-0.15, -0.1) is 6.58 Å². The lowest BCUT2D eigenvalue weighted by molar-refractivity contribution is -0.147. The third kappa shape index (κ3) is 2.94. The van der Waals surface area contributed by atoms with Gasteiger partial charge in [0.05, 0.1) is 11.8 Å². The van der Waals surface area contributed by atoms with Gasteiger partial charge < -0.3 is 10.4 Å². The van der Waals surface area contributed by atoms with Crippen LogP contribution in [0.15, 0.2) is 24.8 Å². The molecule has 0 saturated carbocycles. The van der Waals surface area contributed by atoms with Crippen LogP contribution in [0.25, 0.3) is 0 Å². The minimum atomic E-state index is -0.905. The quantitative estimate of drug-likeness (QED) is 0.677. The van der Waals surface area contributed by atoms with Crippen molar-refractivity contribution in [1.82, 2.24) is 5.32 Å². The lowest BCUT2D eigenvalue weighted by atomic mass is 9.82. The largest absolute Gasteiger partial charge is 0.481 e. The molecule has 4 nitrogen and oxygen atoms in total. The van der Waals surface area contributed by atoms with Crippen molar-refractivity contribution in [2.45, 2.75) is 12.8 Å². The molecule has 0 aromatic carbocycles. The van der Waals surface area contributed by atoms with E-state index in [9.17, 15) is 9.59 Å². The summed E-state index contributed by atoms with van der Waals surface area (Å²) >= 11 is 0. The Morgan fingerprint density at radius 3 is 2.53 bits per heavy atom. The molecule has 0 aromatic heterocycles. The van der Waals surface area contributed by atoms with Crippen LogP contribution < -0.4 is 5.32 Å². The number of hydrogen-bond acceptors (Lipinski definition) is 2. The molecule has 0 spiro atoms. The first-order valence-electron chi connectivity index (χ1n) is 4.93. The number of allylic oxidation sites excluding steroid dienone is 2. The number of aliphatic carboxylic acids is 1. The van der Waals surface area contributed by atoms with Gasteiger partial charge >= 0.3 is 5.97 Å². The van der Waals surface area contributed by atoms with Gasteiger partial charge in [0.2, 0.25) is 5.91 Å². The number of carbonyl (C=O) groups excluding carboxylic acids is 1. The maximum Gasteiger partial charge on any atom is 0.307 e. The first kappa shape index (κ1) is 11.5. The maximum atomic E-state index is 11.6. The highest BCUT2D eigenvalue weighted by atomic mass is 16.4. The normalized spacial score (nSPS) is 24.5. The molecule has 0 radical (unpaired) electrons. The molecule has 0 bridgehead atoms. The number of carbonyl (C=O) groups is 2. The van der Waals surface area contributed by atoms with Crippen LogP contribution >= 0.6 is 0 Å². The van der Waals surface area contributed by atoms with Crippen LogP contribution in [-0.4, -0.2) is 23.5 Å². The monoisotopic (exact) mass is 209 g/mol. The number of amides is 1. The van der Waals surface area contributed by atoms with Crippen LogP contribution in [0.3, 0.4) is 0 Å². The van der Waals surface area contributed by atoms with E-state index >= 15 is 0 Å². The summed E-state index contributed by atoms with van der Waals surface area (Å²) in [5.41, 5.74) is 0. The topological polar surface area (TPSA) is 66.4 Å². The highest BCUT2D eigenvalue weighted by Crippen LogP contribution is 2.25. The zero-order valence-corrected chi connectivity index (χ0v) is 8.48. The first-order chi connectivity index (χ1) is 7.16. The maximum absolute atomic E-state index is 11.6. The Bertz CT molecular complexity index is 296. The summed E-state index contributed by atoms with van der Waals surface area (Å²) in [5.74, 6) is -2.16. The van der Waals surface area contributed by atoms with E-state index in [-0.39, 0.29) is 5.91 Å². The summed E-state index contributed by atoms with van der Waals surface area (Å²) in [5, 5.41) is 11.6. The van der Waals surface area contributed by atoms with Gasteiger partial charge in [0.1, 0.15) is 0 Å². The van der Waals surface area contributed by atoms with Gasteiger partial charge in [-0.1, -0.05) is 18.2 Å². The van der Waals surface area contributed by atoms with E-state index < -0.39 is 17.8 Å². The average molecular weight is 209 g/mol. The Kier molecular flexibility index (Phi) is 4.09. The molecule has 0 unspecified atom stereocenters. The summed E-state index contributed by atoms with van der Waals surface area (Å²) in [6.07, 6.45) is 6.18. The molecule has 0 saturated heterocycles. The Morgan fingerprint density at radius 1 is 1.40 bits per heavy atom.